The van der Waals surface area contributed by atoms with E-state index in [9.17, 15) is 0 Å². The third-order valence-electron chi connectivity index (χ3n) is 7.55. The van der Waals surface area contributed by atoms with Crippen LogP contribution >= 0.6 is 0 Å². The highest BCUT2D eigenvalue weighted by Crippen LogP contribution is 2.55. The predicted molar refractivity (Wildman–Crippen MR) is 156 cm³/mol. The van der Waals surface area contributed by atoms with Gasteiger partial charge in [0, 0.05) is 17.3 Å². The summed E-state index contributed by atoms with van der Waals surface area (Å²) in [6.07, 6.45) is 4.93. The molecule has 0 spiro atoms. The van der Waals surface area contributed by atoms with Gasteiger partial charge in [0.05, 0.1) is 11.4 Å². The molecular formula is C33H42N4. The van der Waals surface area contributed by atoms with Gasteiger partial charge < -0.3 is 9.80 Å². The van der Waals surface area contributed by atoms with Crippen molar-refractivity contribution in [2.24, 2.45) is 16.7 Å². The molecule has 4 heteroatoms. The van der Waals surface area contributed by atoms with Crippen molar-refractivity contribution in [3.8, 4) is 0 Å². The number of nitrogens with zero attached hydrogens (tertiary/aromatic N) is 4. The van der Waals surface area contributed by atoms with Gasteiger partial charge in [0.1, 0.15) is 6.17 Å². The molecule has 0 aliphatic carbocycles. The fourth-order valence-electron chi connectivity index (χ4n) is 6.08. The van der Waals surface area contributed by atoms with Crippen molar-refractivity contribution in [1.82, 2.24) is 9.97 Å². The zero-order valence-corrected chi connectivity index (χ0v) is 23.6. The molecule has 2 aliphatic heterocycles. The number of benzene rings is 2. The molecule has 3 atom stereocenters. The van der Waals surface area contributed by atoms with E-state index < -0.39 is 0 Å². The van der Waals surface area contributed by atoms with Gasteiger partial charge in [-0.2, -0.15) is 0 Å². The monoisotopic (exact) mass is 494 g/mol. The van der Waals surface area contributed by atoms with Crippen LogP contribution in [0.25, 0.3) is 0 Å². The second-order valence-corrected chi connectivity index (χ2v) is 13.3. The van der Waals surface area contributed by atoms with Crippen LogP contribution < -0.4 is 9.80 Å². The molecule has 3 unspecified atom stereocenters. The summed E-state index contributed by atoms with van der Waals surface area (Å²) in [7, 11) is 0. The van der Waals surface area contributed by atoms with Gasteiger partial charge in [-0.1, -0.05) is 90.9 Å². The first-order valence-electron chi connectivity index (χ1n) is 13.7. The molecule has 1 aromatic heterocycles. The minimum atomic E-state index is 0.102. The van der Waals surface area contributed by atoms with Crippen LogP contribution in [-0.4, -0.2) is 16.1 Å². The van der Waals surface area contributed by atoms with Crippen LogP contribution in [0.4, 0.5) is 23.0 Å². The SMILES string of the molecule is C=CCC1c2ccccc2N2c3nc(CC(C)(C)C)c(CC(C)(C)C)nc3N(c3ccccc3)C2C1C. The molecule has 0 amide bonds. The van der Waals surface area contributed by atoms with E-state index in [1.54, 1.807) is 0 Å². The Morgan fingerprint density at radius 3 is 1.89 bits per heavy atom. The van der Waals surface area contributed by atoms with E-state index in [1.807, 2.05) is 0 Å². The first-order chi connectivity index (χ1) is 17.5. The Morgan fingerprint density at radius 1 is 0.784 bits per heavy atom. The Hall–Kier alpha value is -3.14. The maximum atomic E-state index is 5.49. The number of hydrogen-bond donors (Lipinski definition) is 0. The smallest absolute Gasteiger partial charge is 0.178 e. The molecule has 0 saturated carbocycles. The van der Waals surface area contributed by atoms with E-state index in [-0.39, 0.29) is 17.0 Å². The van der Waals surface area contributed by atoms with Crippen LogP contribution in [0.2, 0.25) is 0 Å². The average Bonchev–Trinajstić information content (AvgIpc) is 3.15. The Labute approximate surface area is 223 Å². The summed E-state index contributed by atoms with van der Waals surface area (Å²) in [4.78, 5) is 15.9. The Kier molecular flexibility index (Phi) is 6.42. The number of para-hydroxylation sites is 2. The van der Waals surface area contributed by atoms with Crippen LogP contribution in [0.5, 0.6) is 0 Å². The fraction of sp³-hybridized carbons (Fsp3) is 0.455. The zero-order valence-electron chi connectivity index (χ0n) is 23.6. The summed E-state index contributed by atoms with van der Waals surface area (Å²) < 4.78 is 0. The van der Waals surface area contributed by atoms with Crippen molar-refractivity contribution < 1.29 is 0 Å². The highest BCUT2D eigenvalue weighted by Gasteiger charge is 2.49. The van der Waals surface area contributed by atoms with E-state index in [0.29, 0.717) is 11.8 Å². The van der Waals surface area contributed by atoms with Crippen LogP contribution in [0, 0.1) is 16.7 Å². The summed E-state index contributed by atoms with van der Waals surface area (Å²) in [5.41, 5.74) is 6.29. The summed E-state index contributed by atoms with van der Waals surface area (Å²) in [5, 5.41) is 0. The number of aromatic nitrogens is 2. The molecule has 194 valence electrons. The van der Waals surface area contributed by atoms with Crippen molar-refractivity contribution in [3.05, 3.63) is 84.2 Å². The second-order valence-electron chi connectivity index (χ2n) is 13.3. The Bertz CT molecular complexity index is 1280. The first kappa shape index (κ1) is 25.5. The van der Waals surface area contributed by atoms with E-state index in [2.05, 4.69) is 126 Å². The maximum Gasteiger partial charge on any atom is 0.178 e. The van der Waals surface area contributed by atoms with Gasteiger partial charge in [-0.05, 0) is 59.8 Å². The average molecular weight is 495 g/mol. The lowest BCUT2D eigenvalue weighted by Crippen LogP contribution is -2.48. The molecule has 0 saturated heterocycles. The van der Waals surface area contributed by atoms with Crippen LogP contribution in [0.3, 0.4) is 0 Å². The molecular weight excluding hydrogens is 452 g/mol. The second kappa shape index (κ2) is 9.31. The van der Waals surface area contributed by atoms with E-state index in [4.69, 9.17) is 9.97 Å². The van der Waals surface area contributed by atoms with E-state index in [0.717, 1.165) is 42.3 Å². The Morgan fingerprint density at radius 2 is 1.32 bits per heavy atom. The molecule has 0 bridgehead atoms. The molecule has 3 heterocycles. The minimum Gasteiger partial charge on any atom is -0.302 e. The van der Waals surface area contributed by atoms with E-state index in [1.165, 1.54) is 16.9 Å². The number of rotatable bonds is 5. The standard InChI is InChI=1S/C33H42N4/c1-9-15-24-22(2)31-36(23-16-11-10-12-17-23)29-30(37(31)28-19-14-13-18-25(24)28)35-27(21-33(6,7)8)26(34-29)20-32(3,4)5/h9-14,16-19,22,24,31H,1,15,20-21H2,2-8H3. The van der Waals surface area contributed by atoms with Crippen molar-refractivity contribution in [1.29, 1.82) is 0 Å². The molecule has 0 fully saturated rings. The number of allylic oxidation sites excluding steroid dienone is 1. The molecule has 3 aromatic rings. The number of anilines is 4. The lowest BCUT2D eigenvalue weighted by atomic mass is 9.78. The van der Waals surface area contributed by atoms with Gasteiger partial charge in [-0.25, -0.2) is 9.97 Å². The number of fused-ring (bicyclic) bond motifs is 5. The van der Waals surface area contributed by atoms with Crippen molar-refractivity contribution in [3.63, 3.8) is 0 Å². The topological polar surface area (TPSA) is 32.3 Å². The third-order valence-corrected chi connectivity index (χ3v) is 7.55. The van der Waals surface area contributed by atoms with Gasteiger partial charge in [0.15, 0.2) is 11.6 Å². The predicted octanol–water partition coefficient (Wildman–Crippen LogP) is 8.58. The van der Waals surface area contributed by atoms with Crippen LogP contribution in [0.1, 0.15) is 77.8 Å². The highest BCUT2D eigenvalue weighted by atomic mass is 15.5. The van der Waals surface area contributed by atoms with Gasteiger partial charge >= 0.3 is 0 Å². The molecule has 2 aromatic carbocycles. The fourth-order valence-corrected chi connectivity index (χ4v) is 6.08. The van der Waals surface area contributed by atoms with Crippen molar-refractivity contribution >= 4 is 23.0 Å². The largest absolute Gasteiger partial charge is 0.302 e. The van der Waals surface area contributed by atoms with Crippen LogP contribution in [0.15, 0.2) is 67.3 Å². The van der Waals surface area contributed by atoms with Gasteiger partial charge in [-0.15, -0.1) is 6.58 Å². The van der Waals surface area contributed by atoms with Gasteiger partial charge in [0.2, 0.25) is 0 Å². The summed E-state index contributed by atoms with van der Waals surface area (Å²) >= 11 is 0. The zero-order chi connectivity index (χ0) is 26.5. The summed E-state index contributed by atoms with van der Waals surface area (Å²) in [6, 6.07) is 19.6. The molecule has 37 heavy (non-hydrogen) atoms. The summed E-state index contributed by atoms with van der Waals surface area (Å²) in [6.45, 7) is 20.2. The Balaban J connectivity index is 1.78. The molecule has 0 radical (unpaired) electrons. The minimum absolute atomic E-state index is 0.102. The normalized spacial score (nSPS) is 20.9. The lowest BCUT2D eigenvalue weighted by Gasteiger charge is -2.45. The maximum absolute atomic E-state index is 5.49. The highest BCUT2D eigenvalue weighted by molar-refractivity contribution is 5.86. The number of hydrogen-bond acceptors (Lipinski definition) is 4. The van der Waals surface area contributed by atoms with Crippen molar-refractivity contribution in [2.45, 2.75) is 79.8 Å². The molecule has 4 nitrogen and oxygen atoms in total. The summed E-state index contributed by atoms with van der Waals surface area (Å²) in [5.74, 6) is 2.70. The molecule has 2 aliphatic rings. The molecule has 5 rings (SSSR count). The first-order valence-corrected chi connectivity index (χ1v) is 13.7. The van der Waals surface area contributed by atoms with Gasteiger partial charge in [0.25, 0.3) is 0 Å². The molecule has 0 N–H and O–H groups in total. The van der Waals surface area contributed by atoms with Crippen LogP contribution in [-0.2, 0) is 12.8 Å². The lowest BCUT2D eigenvalue weighted by molar-refractivity contribution is 0.368. The third kappa shape index (κ3) is 4.79. The van der Waals surface area contributed by atoms with Crippen molar-refractivity contribution in [2.75, 3.05) is 9.80 Å². The van der Waals surface area contributed by atoms with E-state index >= 15 is 0 Å². The quantitative estimate of drug-likeness (QED) is 0.332. The van der Waals surface area contributed by atoms with Gasteiger partial charge in [-0.3, -0.25) is 0 Å².